The van der Waals surface area contributed by atoms with E-state index in [0.717, 1.165) is 19.6 Å². The molecule has 0 spiro atoms. The van der Waals surface area contributed by atoms with Crippen molar-refractivity contribution >= 4 is 8.32 Å². The van der Waals surface area contributed by atoms with Gasteiger partial charge in [-0.1, -0.05) is 27.2 Å². The summed E-state index contributed by atoms with van der Waals surface area (Å²) < 4.78 is 6.27. The van der Waals surface area contributed by atoms with E-state index in [0.29, 0.717) is 11.1 Å². The summed E-state index contributed by atoms with van der Waals surface area (Å²) in [5, 5.41) is 2.29. The molecule has 3 nitrogen and oxygen atoms in total. The minimum absolute atomic E-state index is 0.0814. The van der Waals surface area contributed by atoms with E-state index in [1.807, 2.05) is 0 Å². The summed E-state index contributed by atoms with van der Waals surface area (Å²) in [6, 6.07) is 1.25. The summed E-state index contributed by atoms with van der Waals surface area (Å²) >= 11 is 0. The van der Waals surface area contributed by atoms with E-state index in [1.165, 1.54) is 31.7 Å². The van der Waals surface area contributed by atoms with Gasteiger partial charge in [0.1, 0.15) is 0 Å². The van der Waals surface area contributed by atoms with Gasteiger partial charge in [-0.15, -0.1) is 0 Å². The molecule has 124 valence electrons. The second-order valence-corrected chi connectivity index (χ2v) is 12.3. The molecule has 2 heterocycles. The summed E-state index contributed by atoms with van der Waals surface area (Å²) in [6.45, 7) is 16.1. The molecule has 0 radical (unpaired) electrons. The zero-order chi connectivity index (χ0) is 15.7. The molecule has 0 aromatic rings. The van der Waals surface area contributed by atoms with Crippen LogP contribution in [0.5, 0.6) is 0 Å². The molecule has 2 rings (SSSR count). The molecule has 0 aromatic carbocycles. The van der Waals surface area contributed by atoms with Crippen LogP contribution in [-0.4, -0.2) is 37.8 Å². The molecular formula is C17H35NO2Si. The quantitative estimate of drug-likeness (QED) is 0.712. The van der Waals surface area contributed by atoms with E-state index in [-0.39, 0.29) is 5.54 Å². The largest absolute Gasteiger partial charge is 0.414 e. The maximum absolute atomic E-state index is 6.60. The van der Waals surface area contributed by atoms with Gasteiger partial charge in [-0.05, 0) is 57.5 Å². The van der Waals surface area contributed by atoms with Gasteiger partial charge in [-0.3, -0.25) is 4.84 Å². The van der Waals surface area contributed by atoms with Gasteiger partial charge in [0, 0.05) is 18.7 Å². The van der Waals surface area contributed by atoms with E-state index in [4.69, 9.17) is 9.26 Å². The minimum atomic E-state index is -1.72. The number of rotatable bonds is 4. The second kappa shape index (κ2) is 6.30. The third kappa shape index (κ3) is 3.38. The topological polar surface area (TPSA) is 21.7 Å². The zero-order valence-electron chi connectivity index (χ0n) is 15.0. The lowest BCUT2D eigenvalue weighted by atomic mass is 9.69. The first-order valence-electron chi connectivity index (χ1n) is 8.81. The van der Waals surface area contributed by atoms with Crippen molar-refractivity contribution in [2.45, 2.75) is 90.6 Å². The Balaban J connectivity index is 2.10. The molecule has 2 unspecified atom stereocenters. The van der Waals surface area contributed by atoms with Crippen molar-refractivity contribution in [3.8, 4) is 0 Å². The third-order valence-electron chi connectivity index (χ3n) is 6.25. The van der Waals surface area contributed by atoms with E-state index in [1.54, 1.807) is 0 Å². The summed E-state index contributed by atoms with van der Waals surface area (Å²) in [4.78, 5) is 6.60. The maximum Gasteiger partial charge on any atom is 0.220 e. The standard InChI is InChI=1S/C17H35NO2Si/c1-7-15(21(6)14-9-8-13-19-21)20-18-12-10-11-16(2,3)17(18,4)5/h15H,7-14H2,1-6H3. The van der Waals surface area contributed by atoms with Crippen LogP contribution >= 0.6 is 0 Å². The number of piperidine rings is 1. The van der Waals surface area contributed by atoms with Crippen LogP contribution in [0.2, 0.25) is 12.6 Å². The van der Waals surface area contributed by atoms with Crippen molar-refractivity contribution in [3.05, 3.63) is 0 Å². The van der Waals surface area contributed by atoms with E-state index < -0.39 is 8.32 Å². The van der Waals surface area contributed by atoms with Gasteiger partial charge in [-0.25, -0.2) is 0 Å². The first-order chi connectivity index (χ1) is 9.73. The molecule has 0 aromatic heterocycles. The molecule has 0 aliphatic carbocycles. The second-order valence-electron chi connectivity index (χ2n) is 8.27. The van der Waals surface area contributed by atoms with E-state index in [2.05, 4.69) is 46.2 Å². The Bertz CT molecular complexity index is 351. The highest BCUT2D eigenvalue weighted by molar-refractivity contribution is 6.73. The van der Waals surface area contributed by atoms with Crippen molar-refractivity contribution in [2.75, 3.05) is 13.2 Å². The molecule has 0 saturated carbocycles. The van der Waals surface area contributed by atoms with Crippen LogP contribution in [0, 0.1) is 5.41 Å². The van der Waals surface area contributed by atoms with Gasteiger partial charge < -0.3 is 4.43 Å². The maximum atomic E-state index is 6.60. The number of hydrogen-bond donors (Lipinski definition) is 0. The molecule has 21 heavy (non-hydrogen) atoms. The third-order valence-corrected chi connectivity index (χ3v) is 10.3. The molecule has 0 bridgehead atoms. The fourth-order valence-corrected chi connectivity index (χ4v) is 7.18. The summed E-state index contributed by atoms with van der Waals surface area (Å²) in [7, 11) is -1.72. The molecule has 4 heteroatoms. The van der Waals surface area contributed by atoms with E-state index >= 15 is 0 Å². The Hall–Kier alpha value is 0.0969. The summed E-state index contributed by atoms with van der Waals surface area (Å²) in [5.74, 6) is 0. The van der Waals surface area contributed by atoms with Crippen LogP contribution in [0.1, 0.15) is 66.7 Å². The van der Waals surface area contributed by atoms with Crippen molar-refractivity contribution in [1.82, 2.24) is 5.06 Å². The fourth-order valence-electron chi connectivity index (χ4n) is 3.75. The van der Waals surface area contributed by atoms with Gasteiger partial charge in [0.15, 0.2) is 0 Å². The lowest BCUT2D eigenvalue weighted by Crippen LogP contribution is -2.61. The molecule has 2 aliphatic heterocycles. The van der Waals surface area contributed by atoms with Gasteiger partial charge >= 0.3 is 0 Å². The van der Waals surface area contributed by atoms with Gasteiger partial charge in [-0.2, -0.15) is 5.06 Å². The first-order valence-corrected chi connectivity index (χ1v) is 11.5. The van der Waals surface area contributed by atoms with Crippen LogP contribution in [-0.2, 0) is 9.26 Å². The molecule has 2 fully saturated rings. The van der Waals surface area contributed by atoms with Crippen molar-refractivity contribution in [3.63, 3.8) is 0 Å². The average molecular weight is 314 g/mol. The fraction of sp³-hybridized carbons (Fsp3) is 1.00. The Morgan fingerprint density at radius 2 is 1.90 bits per heavy atom. The van der Waals surface area contributed by atoms with Crippen molar-refractivity contribution < 1.29 is 9.26 Å². The first kappa shape index (κ1) is 17.5. The van der Waals surface area contributed by atoms with Crippen LogP contribution in [0.3, 0.4) is 0 Å². The SMILES string of the molecule is CCC(ON1CCCC(C)(C)C1(C)C)[Si]1(C)CCCCO1. The highest BCUT2D eigenvalue weighted by atomic mass is 28.4. The lowest BCUT2D eigenvalue weighted by molar-refractivity contribution is -0.271. The van der Waals surface area contributed by atoms with Crippen LogP contribution in [0.15, 0.2) is 0 Å². The Morgan fingerprint density at radius 3 is 2.48 bits per heavy atom. The number of hydrogen-bond acceptors (Lipinski definition) is 3. The summed E-state index contributed by atoms with van der Waals surface area (Å²) in [6.07, 6.45) is 6.11. The smallest absolute Gasteiger partial charge is 0.220 e. The predicted molar refractivity (Wildman–Crippen MR) is 90.6 cm³/mol. The molecule has 0 amide bonds. The monoisotopic (exact) mass is 313 g/mol. The lowest BCUT2D eigenvalue weighted by Gasteiger charge is -2.54. The van der Waals surface area contributed by atoms with Crippen molar-refractivity contribution in [2.24, 2.45) is 5.41 Å². The van der Waals surface area contributed by atoms with Crippen LogP contribution in [0.25, 0.3) is 0 Å². The zero-order valence-corrected chi connectivity index (χ0v) is 16.0. The Labute approximate surface area is 132 Å². The molecule has 2 saturated heterocycles. The number of hydroxylamine groups is 2. The minimum Gasteiger partial charge on any atom is -0.414 e. The molecule has 2 aliphatic rings. The number of nitrogens with zero attached hydrogens (tertiary/aromatic N) is 1. The molecule has 2 atom stereocenters. The Morgan fingerprint density at radius 1 is 1.19 bits per heavy atom. The van der Waals surface area contributed by atoms with Gasteiger partial charge in [0.05, 0.1) is 5.73 Å². The van der Waals surface area contributed by atoms with Crippen LogP contribution in [0.4, 0.5) is 0 Å². The van der Waals surface area contributed by atoms with E-state index in [9.17, 15) is 0 Å². The molecular weight excluding hydrogens is 278 g/mol. The normalized spacial score (nSPS) is 34.6. The Kier molecular flexibility index (Phi) is 5.24. The van der Waals surface area contributed by atoms with Crippen molar-refractivity contribution in [1.29, 1.82) is 0 Å². The average Bonchev–Trinajstić information content (AvgIpc) is 2.41. The predicted octanol–water partition coefficient (Wildman–Crippen LogP) is 4.52. The summed E-state index contributed by atoms with van der Waals surface area (Å²) in [5.41, 5.74) is 0.670. The molecule has 0 N–H and O–H groups in total. The van der Waals surface area contributed by atoms with Gasteiger partial charge in [0.25, 0.3) is 0 Å². The highest BCUT2D eigenvalue weighted by Crippen LogP contribution is 2.44. The highest BCUT2D eigenvalue weighted by Gasteiger charge is 2.48. The van der Waals surface area contributed by atoms with Crippen LogP contribution < -0.4 is 0 Å². The van der Waals surface area contributed by atoms with Gasteiger partial charge in [0.2, 0.25) is 8.32 Å².